The number of hydrogen-bond acceptors (Lipinski definition) is 4. The van der Waals surface area contributed by atoms with Gasteiger partial charge in [0.15, 0.2) is 0 Å². The monoisotopic (exact) mass is 270 g/mol. The van der Waals surface area contributed by atoms with Crippen molar-refractivity contribution < 1.29 is 23.0 Å². The molecule has 1 heterocycles. The van der Waals surface area contributed by atoms with Gasteiger partial charge in [-0.15, -0.1) is 0 Å². The van der Waals surface area contributed by atoms with E-state index in [9.17, 15) is 13.2 Å². The van der Waals surface area contributed by atoms with Crippen molar-refractivity contribution in [2.75, 3.05) is 19.8 Å². The number of nitrogens with two attached hydrogens (primary N) is 1. The van der Waals surface area contributed by atoms with Gasteiger partial charge in [-0.25, -0.2) is 0 Å². The van der Waals surface area contributed by atoms with Crippen LogP contribution in [0.1, 0.15) is 20.3 Å². The maximum absolute atomic E-state index is 13.1. The van der Waals surface area contributed by atoms with Crippen LogP contribution >= 0.6 is 0 Å². The Hall–Kier alpha value is -0.370. The number of alkyl halides is 3. The molecule has 18 heavy (non-hydrogen) atoms. The first-order chi connectivity index (χ1) is 8.31. The molecule has 0 radical (unpaired) electrons. The molecule has 1 saturated heterocycles. The summed E-state index contributed by atoms with van der Waals surface area (Å²) in [5.41, 5.74) is 5.62. The van der Waals surface area contributed by atoms with E-state index in [1.54, 1.807) is 13.8 Å². The maximum atomic E-state index is 13.1. The fourth-order valence-electron chi connectivity index (χ4n) is 2.24. The summed E-state index contributed by atoms with van der Waals surface area (Å²) in [4.78, 5) is 1.30. The lowest BCUT2D eigenvalue weighted by Crippen LogP contribution is -2.63. The molecule has 3 N–H and O–H groups in total. The number of aliphatic hydroxyl groups is 1. The molecule has 1 fully saturated rings. The van der Waals surface area contributed by atoms with Crippen molar-refractivity contribution >= 4 is 0 Å². The van der Waals surface area contributed by atoms with E-state index in [4.69, 9.17) is 15.6 Å². The van der Waals surface area contributed by atoms with E-state index in [1.165, 1.54) is 4.90 Å². The first-order valence-electron chi connectivity index (χ1n) is 6.11. The second-order valence-corrected chi connectivity index (χ2v) is 4.74. The summed E-state index contributed by atoms with van der Waals surface area (Å²) >= 11 is 0. The van der Waals surface area contributed by atoms with Crippen LogP contribution in [0, 0.1) is 0 Å². The Morgan fingerprint density at radius 2 is 2.11 bits per heavy atom. The van der Waals surface area contributed by atoms with Gasteiger partial charge >= 0.3 is 6.18 Å². The first-order valence-corrected chi connectivity index (χ1v) is 6.11. The Bertz CT molecular complexity index is 263. The van der Waals surface area contributed by atoms with Crippen LogP contribution in [0.2, 0.25) is 0 Å². The van der Waals surface area contributed by atoms with Crippen LogP contribution in [0.15, 0.2) is 0 Å². The highest BCUT2D eigenvalue weighted by Crippen LogP contribution is 2.30. The number of hydrogen-bond donors (Lipinski definition) is 2. The molecule has 0 spiro atoms. The lowest BCUT2D eigenvalue weighted by molar-refractivity contribution is -0.214. The van der Waals surface area contributed by atoms with Gasteiger partial charge in [-0.2, -0.15) is 13.2 Å². The van der Waals surface area contributed by atoms with Gasteiger partial charge in [0, 0.05) is 18.6 Å². The zero-order valence-electron chi connectivity index (χ0n) is 10.7. The van der Waals surface area contributed by atoms with Crippen molar-refractivity contribution in [3.63, 3.8) is 0 Å². The van der Waals surface area contributed by atoms with E-state index in [0.29, 0.717) is 0 Å². The molecule has 7 heteroatoms. The van der Waals surface area contributed by atoms with Crippen molar-refractivity contribution in [1.82, 2.24) is 4.90 Å². The second kappa shape index (κ2) is 6.18. The molecular formula is C11H21F3N2O2. The topological polar surface area (TPSA) is 58.7 Å². The van der Waals surface area contributed by atoms with E-state index in [1.807, 2.05) is 0 Å². The lowest BCUT2D eigenvalue weighted by Gasteiger charge is -2.44. The number of halogens is 3. The molecule has 108 valence electrons. The minimum atomic E-state index is -4.37. The first kappa shape index (κ1) is 15.7. The quantitative estimate of drug-likeness (QED) is 0.791. The van der Waals surface area contributed by atoms with Gasteiger partial charge in [-0.3, -0.25) is 4.90 Å². The number of ether oxygens (including phenoxy) is 1. The zero-order chi connectivity index (χ0) is 13.9. The van der Waals surface area contributed by atoms with Gasteiger partial charge in [0.2, 0.25) is 0 Å². The summed E-state index contributed by atoms with van der Waals surface area (Å²) in [6.45, 7) is 3.26. The average Bonchev–Trinajstić information content (AvgIpc) is 2.30. The van der Waals surface area contributed by atoms with Crippen molar-refractivity contribution in [2.24, 2.45) is 5.73 Å². The molecule has 0 saturated carbocycles. The number of rotatable bonds is 4. The summed E-state index contributed by atoms with van der Waals surface area (Å²) in [6.07, 6.45) is -4.70. The highest BCUT2D eigenvalue weighted by Gasteiger charge is 2.49. The summed E-state index contributed by atoms with van der Waals surface area (Å²) in [5, 5.41) is 9.01. The molecule has 4 nitrogen and oxygen atoms in total. The Labute approximate surface area is 105 Å². The van der Waals surface area contributed by atoms with Crippen molar-refractivity contribution in [3.8, 4) is 0 Å². The number of aliphatic hydroxyl groups excluding tert-OH is 1. The third kappa shape index (κ3) is 3.57. The van der Waals surface area contributed by atoms with Gasteiger partial charge in [0.1, 0.15) is 6.04 Å². The van der Waals surface area contributed by atoms with Crippen molar-refractivity contribution in [1.29, 1.82) is 0 Å². The van der Waals surface area contributed by atoms with Gasteiger partial charge in [-0.1, -0.05) is 6.92 Å². The molecule has 1 aliphatic heterocycles. The van der Waals surface area contributed by atoms with Crippen LogP contribution in [0.25, 0.3) is 0 Å². The normalized spacial score (nSPS) is 30.2. The average molecular weight is 270 g/mol. The third-order valence-corrected chi connectivity index (χ3v) is 3.33. The summed E-state index contributed by atoms with van der Waals surface area (Å²) in [6, 6.07) is -3.02. The van der Waals surface area contributed by atoms with Gasteiger partial charge in [-0.05, 0) is 13.3 Å². The molecule has 0 amide bonds. The summed E-state index contributed by atoms with van der Waals surface area (Å²) < 4.78 is 44.6. The molecule has 4 unspecified atom stereocenters. The largest absolute Gasteiger partial charge is 0.405 e. The molecular weight excluding hydrogens is 249 g/mol. The fourth-order valence-corrected chi connectivity index (χ4v) is 2.24. The fraction of sp³-hybridized carbons (Fsp3) is 1.00. The Kier molecular flexibility index (Phi) is 5.39. The van der Waals surface area contributed by atoms with E-state index in [-0.39, 0.29) is 32.2 Å². The molecule has 0 bridgehead atoms. The summed E-state index contributed by atoms with van der Waals surface area (Å²) in [7, 11) is 0. The molecule has 4 atom stereocenters. The zero-order valence-corrected chi connectivity index (χ0v) is 10.7. The predicted molar refractivity (Wildman–Crippen MR) is 61.1 cm³/mol. The van der Waals surface area contributed by atoms with Crippen LogP contribution in [0.5, 0.6) is 0 Å². The van der Waals surface area contributed by atoms with Gasteiger partial charge in [0.05, 0.1) is 19.3 Å². The lowest BCUT2D eigenvalue weighted by atomic mass is 10.0. The molecule has 0 aliphatic carbocycles. The second-order valence-electron chi connectivity index (χ2n) is 4.74. The van der Waals surface area contributed by atoms with E-state index >= 15 is 0 Å². The highest BCUT2D eigenvalue weighted by molar-refractivity contribution is 4.92. The van der Waals surface area contributed by atoms with Crippen molar-refractivity contribution in [3.05, 3.63) is 0 Å². The van der Waals surface area contributed by atoms with Crippen LogP contribution < -0.4 is 5.73 Å². The third-order valence-electron chi connectivity index (χ3n) is 3.33. The maximum Gasteiger partial charge on any atom is 0.405 e. The van der Waals surface area contributed by atoms with E-state index in [0.717, 1.165) is 0 Å². The van der Waals surface area contributed by atoms with E-state index in [2.05, 4.69) is 0 Å². The minimum Gasteiger partial charge on any atom is -0.394 e. The van der Waals surface area contributed by atoms with Crippen LogP contribution in [-0.2, 0) is 4.74 Å². The van der Waals surface area contributed by atoms with E-state index < -0.39 is 24.4 Å². The number of nitrogens with zero attached hydrogens (tertiary/aromatic N) is 1. The molecule has 0 aromatic rings. The smallest absolute Gasteiger partial charge is 0.394 e. The van der Waals surface area contributed by atoms with Crippen molar-refractivity contribution in [2.45, 2.75) is 50.7 Å². The molecule has 1 aliphatic rings. The van der Waals surface area contributed by atoms with Crippen LogP contribution in [0.3, 0.4) is 0 Å². The molecule has 1 rings (SSSR count). The van der Waals surface area contributed by atoms with Gasteiger partial charge < -0.3 is 15.6 Å². The molecule has 0 aromatic heterocycles. The SMILES string of the molecule is CCC(N)C(N1CC(CO)OCC1C)C(F)(F)F. The standard InChI is InChI=1S/C11H21F3N2O2/c1-3-9(15)10(11(12,13)14)16-4-8(5-17)18-6-7(16)2/h7-10,17H,3-6,15H2,1-2H3. The van der Waals surface area contributed by atoms with Gasteiger partial charge in [0.25, 0.3) is 0 Å². The Morgan fingerprint density at radius 1 is 1.50 bits per heavy atom. The number of morpholine rings is 1. The Balaban J connectivity index is 2.89. The molecule has 0 aromatic carbocycles. The summed E-state index contributed by atoms with van der Waals surface area (Å²) in [5.74, 6) is 0. The highest BCUT2D eigenvalue weighted by atomic mass is 19.4. The van der Waals surface area contributed by atoms with Crippen LogP contribution in [0.4, 0.5) is 13.2 Å². The Morgan fingerprint density at radius 3 is 2.56 bits per heavy atom. The predicted octanol–water partition coefficient (Wildman–Crippen LogP) is 0.736. The minimum absolute atomic E-state index is 0.0511. The van der Waals surface area contributed by atoms with Crippen LogP contribution in [-0.4, -0.2) is 60.2 Å².